The normalized spacial score (nSPS) is 10.6. The van der Waals surface area contributed by atoms with Gasteiger partial charge in [0.1, 0.15) is 0 Å². The Labute approximate surface area is 117 Å². The summed E-state index contributed by atoms with van der Waals surface area (Å²) < 4.78 is 1.18. The molecule has 0 unspecified atom stereocenters. The monoisotopic (exact) mass is 316 g/mol. The van der Waals surface area contributed by atoms with Crippen molar-refractivity contribution in [2.45, 2.75) is 13.5 Å². The van der Waals surface area contributed by atoms with Crippen LogP contribution in [0.2, 0.25) is 0 Å². The predicted octanol–water partition coefficient (Wildman–Crippen LogP) is 3.36. The summed E-state index contributed by atoms with van der Waals surface area (Å²) >= 11 is 5.53. The van der Waals surface area contributed by atoms with Gasteiger partial charge in [0.25, 0.3) is 0 Å². The lowest BCUT2D eigenvalue weighted by atomic mass is 10.2. The molecule has 2 nitrogen and oxygen atoms in total. The lowest BCUT2D eigenvalue weighted by molar-refractivity contribution is 0.726. The Morgan fingerprint density at radius 2 is 2.18 bits per heavy atom. The Kier molecular flexibility index (Phi) is 7.00. The average molecular weight is 317 g/mol. The first kappa shape index (κ1) is 14.9. The molecule has 17 heavy (non-hydrogen) atoms. The van der Waals surface area contributed by atoms with Crippen LogP contribution >= 0.6 is 27.7 Å². The maximum absolute atomic E-state index is 3.66. The first-order chi connectivity index (χ1) is 8.19. The summed E-state index contributed by atoms with van der Waals surface area (Å²) in [5.74, 6) is 1.15. The summed E-state index contributed by atoms with van der Waals surface area (Å²) in [6, 6.07) is 6.59. The molecule has 1 rings (SSSR count). The zero-order valence-electron chi connectivity index (χ0n) is 10.8. The highest BCUT2D eigenvalue weighted by Gasteiger charge is 2.06. The number of hydrogen-bond donors (Lipinski definition) is 1. The molecule has 0 aromatic heterocycles. The van der Waals surface area contributed by atoms with E-state index in [2.05, 4.69) is 64.6 Å². The summed E-state index contributed by atoms with van der Waals surface area (Å²) in [6.45, 7) is 5.14. The van der Waals surface area contributed by atoms with Crippen LogP contribution in [0, 0.1) is 0 Å². The molecule has 96 valence electrons. The number of hydrogen-bond acceptors (Lipinski definition) is 3. The largest absolute Gasteiger partial charge is 0.373 e. The van der Waals surface area contributed by atoms with Crippen LogP contribution in [0.1, 0.15) is 12.5 Å². The second kappa shape index (κ2) is 8.01. The molecule has 0 saturated carbocycles. The highest BCUT2D eigenvalue weighted by atomic mass is 79.9. The molecule has 0 heterocycles. The number of benzene rings is 1. The Hall–Kier alpha value is -0.190. The van der Waals surface area contributed by atoms with Gasteiger partial charge in [0.05, 0.1) is 5.69 Å². The molecule has 0 atom stereocenters. The Bertz CT molecular complexity index is 344. The summed E-state index contributed by atoms with van der Waals surface area (Å²) in [5, 5.41) is 3.34. The maximum Gasteiger partial charge on any atom is 0.0508 e. The summed E-state index contributed by atoms with van der Waals surface area (Å²) in [5.41, 5.74) is 2.58. The number of nitrogens with one attached hydrogen (secondary N) is 1. The van der Waals surface area contributed by atoms with Gasteiger partial charge in [-0.3, -0.25) is 0 Å². The van der Waals surface area contributed by atoms with Crippen LogP contribution in [-0.2, 0) is 6.54 Å². The molecule has 0 aliphatic rings. The fourth-order valence-electron chi connectivity index (χ4n) is 1.59. The van der Waals surface area contributed by atoms with Crippen molar-refractivity contribution in [2.24, 2.45) is 0 Å². The van der Waals surface area contributed by atoms with Gasteiger partial charge < -0.3 is 10.2 Å². The van der Waals surface area contributed by atoms with Crippen molar-refractivity contribution in [3.8, 4) is 0 Å². The fourth-order valence-corrected chi connectivity index (χ4v) is 2.77. The van der Waals surface area contributed by atoms with Gasteiger partial charge in [-0.2, -0.15) is 11.8 Å². The van der Waals surface area contributed by atoms with Crippen molar-refractivity contribution in [1.82, 2.24) is 5.32 Å². The molecule has 0 spiro atoms. The Morgan fingerprint density at radius 1 is 1.41 bits per heavy atom. The first-order valence-corrected chi connectivity index (χ1v) is 8.07. The van der Waals surface area contributed by atoms with E-state index in [9.17, 15) is 0 Å². The minimum absolute atomic E-state index is 0.934. The van der Waals surface area contributed by atoms with Crippen LogP contribution in [0.3, 0.4) is 0 Å². The molecule has 0 aliphatic heterocycles. The topological polar surface area (TPSA) is 15.3 Å². The molecule has 1 N–H and O–H groups in total. The molecular weight excluding hydrogens is 296 g/mol. The second-order valence-corrected chi connectivity index (χ2v) is 5.82. The van der Waals surface area contributed by atoms with Crippen molar-refractivity contribution < 1.29 is 0 Å². The Morgan fingerprint density at radius 3 is 2.76 bits per heavy atom. The van der Waals surface area contributed by atoms with E-state index in [0.29, 0.717) is 0 Å². The zero-order valence-corrected chi connectivity index (χ0v) is 13.2. The quantitative estimate of drug-likeness (QED) is 0.830. The predicted molar refractivity (Wildman–Crippen MR) is 83.2 cm³/mol. The number of halogens is 1. The van der Waals surface area contributed by atoms with Gasteiger partial charge in [-0.1, -0.05) is 13.0 Å². The van der Waals surface area contributed by atoms with Crippen molar-refractivity contribution in [1.29, 1.82) is 0 Å². The van der Waals surface area contributed by atoms with Gasteiger partial charge in [0.2, 0.25) is 0 Å². The minimum Gasteiger partial charge on any atom is -0.373 e. The third-order valence-corrected chi connectivity index (χ3v) is 3.86. The van der Waals surface area contributed by atoms with Crippen LogP contribution < -0.4 is 10.2 Å². The SMILES string of the molecule is CCNCc1ccc(N(C)CCSC)c(Br)c1. The molecule has 0 saturated heterocycles. The molecule has 1 aromatic rings. The molecule has 0 amide bonds. The van der Waals surface area contributed by atoms with Gasteiger partial charge >= 0.3 is 0 Å². The summed E-state index contributed by atoms with van der Waals surface area (Å²) in [7, 11) is 2.14. The second-order valence-electron chi connectivity index (χ2n) is 3.98. The van der Waals surface area contributed by atoms with Crippen LogP contribution in [-0.4, -0.2) is 32.1 Å². The third-order valence-electron chi connectivity index (χ3n) is 2.63. The smallest absolute Gasteiger partial charge is 0.0508 e. The lowest BCUT2D eigenvalue weighted by Gasteiger charge is -2.20. The Balaban J connectivity index is 2.68. The highest BCUT2D eigenvalue weighted by molar-refractivity contribution is 9.10. The summed E-state index contributed by atoms with van der Waals surface area (Å²) in [6.07, 6.45) is 2.14. The first-order valence-electron chi connectivity index (χ1n) is 5.88. The lowest BCUT2D eigenvalue weighted by Crippen LogP contribution is -2.20. The maximum atomic E-state index is 3.66. The van der Waals surface area contributed by atoms with Gasteiger partial charge in [-0.05, 0) is 46.4 Å². The van der Waals surface area contributed by atoms with E-state index >= 15 is 0 Å². The summed E-state index contributed by atoms with van der Waals surface area (Å²) in [4.78, 5) is 2.29. The van der Waals surface area contributed by atoms with Gasteiger partial charge in [-0.15, -0.1) is 0 Å². The molecule has 0 bridgehead atoms. The van der Waals surface area contributed by atoms with Crippen LogP contribution in [0.4, 0.5) is 5.69 Å². The fraction of sp³-hybridized carbons (Fsp3) is 0.538. The highest BCUT2D eigenvalue weighted by Crippen LogP contribution is 2.26. The number of anilines is 1. The molecule has 1 aromatic carbocycles. The van der Waals surface area contributed by atoms with Crippen molar-refractivity contribution >= 4 is 33.4 Å². The number of nitrogens with zero attached hydrogens (tertiary/aromatic N) is 1. The van der Waals surface area contributed by atoms with E-state index < -0.39 is 0 Å². The van der Waals surface area contributed by atoms with Gasteiger partial charge in [-0.25, -0.2) is 0 Å². The van der Waals surface area contributed by atoms with Crippen LogP contribution in [0.25, 0.3) is 0 Å². The third kappa shape index (κ3) is 4.90. The number of rotatable bonds is 7. The van der Waals surface area contributed by atoms with E-state index in [-0.39, 0.29) is 0 Å². The van der Waals surface area contributed by atoms with E-state index in [4.69, 9.17) is 0 Å². The van der Waals surface area contributed by atoms with Crippen LogP contribution in [0.5, 0.6) is 0 Å². The zero-order chi connectivity index (χ0) is 12.7. The van der Waals surface area contributed by atoms with E-state index in [1.165, 1.54) is 15.7 Å². The van der Waals surface area contributed by atoms with Crippen molar-refractivity contribution in [3.05, 3.63) is 28.2 Å². The van der Waals surface area contributed by atoms with E-state index in [0.717, 1.165) is 25.4 Å². The molecule has 0 aliphatic carbocycles. The van der Waals surface area contributed by atoms with Crippen molar-refractivity contribution in [2.75, 3.05) is 37.0 Å². The minimum atomic E-state index is 0.934. The molecular formula is C13H21BrN2S. The van der Waals surface area contributed by atoms with Crippen LogP contribution in [0.15, 0.2) is 22.7 Å². The van der Waals surface area contributed by atoms with Gasteiger partial charge in [0, 0.05) is 30.4 Å². The van der Waals surface area contributed by atoms with Gasteiger partial charge in [0.15, 0.2) is 0 Å². The van der Waals surface area contributed by atoms with E-state index in [1.54, 1.807) is 0 Å². The molecule has 0 fully saturated rings. The molecule has 0 radical (unpaired) electrons. The average Bonchev–Trinajstić information content (AvgIpc) is 2.33. The number of thioether (sulfide) groups is 1. The van der Waals surface area contributed by atoms with Crippen molar-refractivity contribution in [3.63, 3.8) is 0 Å². The van der Waals surface area contributed by atoms with E-state index in [1.807, 2.05) is 11.8 Å². The standard InChI is InChI=1S/C13H21BrN2S/c1-4-15-10-11-5-6-13(12(14)9-11)16(2)7-8-17-3/h5-6,9,15H,4,7-8,10H2,1-3H3. The molecule has 4 heteroatoms.